The van der Waals surface area contributed by atoms with Crippen molar-refractivity contribution in [3.63, 3.8) is 0 Å². The molecule has 0 aromatic carbocycles. The molecule has 0 saturated carbocycles. The fourth-order valence-corrected chi connectivity index (χ4v) is 5.48. The number of rotatable bonds is 25. The summed E-state index contributed by atoms with van der Waals surface area (Å²) in [7, 11) is 0. The molecule has 19 nitrogen and oxygen atoms in total. The van der Waals surface area contributed by atoms with E-state index in [0.717, 1.165) is 0 Å². The van der Waals surface area contributed by atoms with Gasteiger partial charge in [0.05, 0.1) is 6.04 Å². The third-order valence-electron chi connectivity index (χ3n) is 8.91. The van der Waals surface area contributed by atoms with Crippen molar-refractivity contribution in [1.82, 2.24) is 37.2 Å². The normalized spacial score (nSPS) is 15.7. The minimum Gasteiger partial charge on any atom is -0.481 e. The average molecular weight is 813 g/mol. The first-order valence-electron chi connectivity index (χ1n) is 19.5. The Morgan fingerprint density at radius 2 is 0.772 bits per heavy atom. The van der Waals surface area contributed by atoms with Crippen molar-refractivity contribution >= 4 is 53.3 Å². The van der Waals surface area contributed by atoms with Gasteiger partial charge in [0.2, 0.25) is 41.4 Å². The Bertz CT molecular complexity index is 1420. The maximum Gasteiger partial charge on any atom is 0.325 e. The van der Waals surface area contributed by atoms with Crippen LogP contribution < -0.4 is 43.0 Å². The van der Waals surface area contributed by atoms with E-state index in [9.17, 15) is 48.3 Å². The molecule has 0 rings (SSSR count). The first-order chi connectivity index (χ1) is 26.2. The summed E-state index contributed by atoms with van der Waals surface area (Å²) >= 11 is 0. The lowest BCUT2D eigenvalue weighted by atomic mass is 9.97. The van der Waals surface area contributed by atoms with Crippen LogP contribution in [0.1, 0.15) is 109 Å². The summed E-state index contributed by atoms with van der Waals surface area (Å²) in [6, 6.07) is -9.22. The van der Waals surface area contributed by atoms with E-state index in [2.05, 4.69) is 37.2 Å². The van der Waals surface area contributed by atoms with Gasteiger partial charge < -0.3 is 53.2 Å². The fourth-order valence-electron chi connectivity index (χ4n) is 5.48. The molecule has 57 heavy (non-hydrogen) atoms. The van der Waals surface area contributed by atoms with E-state index in [1.54, 1.807) is 41.5 Å². The number of hydrogen-bond acceptors (Lipinski definition) is 10. The van der Waals surface area contributed by atoms with Gasteiger partial charge in [0.25, 0.3) is 0 Å². The smallest absolute Gasteiger partial charge is 0.325 e. The monoisotopic (exact) mass is 813 g/mol. The van der Waals surface area contributed by atoms with Crippen molar-refractivity contribution in [3.05, 3.63) is 0 Å². The summed E-state index contributed by atoms with van der Waals surface area (Å²) in [6.45, 7) is 20.0. The lowest BCUT2D eigenvalue weighted by molar-refractivity contribution is -0.142. The molecule has 0 aromatic rings. The van der Waals surface area contributed by atoms with E-state index < -0.39 is 119 Å². The minimum atomic E-state index is -1.25. The third kappa shape index (κ3) is 19.3. The summed E-state index contributed by atoms with van der Waals surface area (Å²) in [6.07, 6.45) is -0.140. The van der Waals surface area contributed by atoms with Gasteiger partial charge in [-0.1, -0.05) is 69.2 Å². The second kappa shape index (κ2) is 24.7. The Morgan fingerprint density at radius 1 is 0.439 bits per heavy atom. The molecule has 0 aliphatic rings. The maximum absolute atomic E-state index is 13.8. The largest absolute Gasteiger partial charge is 0.481 e. The van der Waals surface area contributed by atoms with Crippen LogP contribution in [0.25, 0.3) is 0 Å². The van der Waals surface area contributed by atoms with Crippen LogP contribution in [0.4, 0.5) is 0 Å². The fraction of sp³-hybridized carbons (Fsp3) is 0.763. The van der Waals surface area contributed by atoms with Gasteiger partial charge >= 0.3 is 11.9 Å². The number of aliphatic carboxylic acids is 2. The zero-order chi connectivity index (χ0) is 44.5. The van der Waals surface area contributed by atoms with E-state index in [1.165, 1.54) is 13.8 Å². The zero-order valence-electron chi connectivity index (χ0n) is 35.5. The highest BCUT2D eigenvalue weighted by molar-refractivity contribution is 5.97. The highest BCUT2D eigenvalue weighted by Gasteiger charge is 2.36. The molecule has 0 saturated heterocycles. The standard InChI is InChI=1S/C38H68N8O11/c1-17(2)15-25(33(51)41-23(12)38(56)57)42-31(49)22(11)40-35(53)28(19(5)6)45-34(52)26(16-18(3)4)43-36(54)29(20(7)8)46-37(55)30(21(9)10)44-32(50)24(39)13-14-27(47)48/h17-26,28-30H,13-16,39H2,1-12H3,(H,40,53)(H,41,51)(H,42,49)(H,43,54)(H,44,50)(H,45,52)(H,46,55)(H,47,48)(H,56,57)/t22-,23-,24-,25-,26-,28-,29-,30-/m0/s1. The van der Waals surface area contributed by atoms with Crippen molar-refractivity contribution in [2.24, 2.45) is 35.3 Å². The second-order valence-electron chi connectivity index (χ2n) is 16.4. The molecule has 19 heteroatoms. The Balaban J connectivity index is 5.98. The SMILES string of the molecule is CC(C)C[C@H](NC(=O)[C@H](C)NC(=O)[C@@H](NC(=O)[C@H](CC(C)C)NC(=O)[C@@H](NC(=O)[C@@H](NC(=O)[C@@H](N)CCC(=O)O)C(C)C)C(C)C)C(C)C)C(=O)N[C@@H](C)C(=O)O. The van der Waals surface area contributed by atoms with E-state index >= 15 is 0 Å². The van der Waals surface area contributed by atoms with Gasteiger partial charge in [0.15, 0.2) is 0 Å². The van der Waals surface area contributed by atoms with E-state index in [1.807, 2.05) is 27.7 Å². The number of nitrogens with one attached hydrogen (secondary N) is 7. The van der Waals surface area contributed by atoms with Crippen molar-refractivity contribution in [2.75, 3.05) is 0 Å². The molecule has 0 aromatic heterocycles. The molecule has 0 heterocycles. The van der Waals surface area contributed by atoms with Gasteiger partial charge in [-0.3, -0.25) is 43.2 Å². The average Bonchev–Trinajstić information content (AvgIpc) is 3.08. The summed E-state index contributed by atoms with van der Waals surface area (Å²) in [5, 5.41) is 36.1. The van der Waals surface area contributed by atoms with Crippen molar-refractivity contribution in [1.29, 1.82) is 0 Å². The second-order valence-corrected chi connectivity index (χ2v) is 16.4. The van der Waals surface area contributed by atoms with E-state index in [4.69, 9.17) is 10.8 Å². The van der Waals surface area contributed by atoms with Crippen molar-refractivity contribution < 1.29 is 53.4 Å². The molecule has 7 amide bonds. The van der Waals surface area contributed by atoms with Crippen LogP contribution in [-0.2, 0) is 43.2 Å². The highest BCUT2D eigenvalue weighted by atomic mass is 16.4. The predicted octanol–water partition coefficient (Wildman–Crippen LogP) is -0.243. The minimum absolute atomic E-state index is 0.0508. The van der Waals surface area contributed by atoms with E-state index in [0.29, 0.717) is 0 Å². The molecular weight excluding hydrogens is 744 g/mol. The highest BCUT2D eigenvalue weighted by Crippen LogP contribution is 2.12. The molecule has 11 N–H and O–H groups in total. The van der Waals surface area contributed by atoms with Gasteiger partial charge in [-0.05, 0) is 62.7 Å². The lowest BCUT2D eigenvalue weighted by Crippen LogP contribution is -2.61. The van der Waals surface area contributed by atoms with Crippen LogP contribution in [0.2, 0.25) is 0 Å². The molecular formula is C38H68N8O11. The number of carboxylic acids is 2. The van der Waals surface area contributed by atoms with Crippen LogP contribution in [0.3, 0.4) is 0 Å². The van der Waals surface area contributed by atoms with Gasteiger partial charge in [0, 0.05) is 6.42 Å². The quantitative estimate of drug-likeness (QED) is 0.0571. The van der Waals surface area contributed by atoms with Gasteiger partial charge in [-0.15, -0.1) is 0 Å². The summed E-state index contributed by atoms with van der Waals surface area (Å²) in [5.74, 6) is -8.88. The van der Waals surface area contributed by atoms with E-state index in [-0.39, 0.29) is 37.5 Å². The summed E-state index contributed by atoms with van der Waals surface area (Å²) < 4.78 is 0. The topological polar surface area (TPSA) is 304 Å². The van der Waals surface area contributed by atoms with Gasteiger partial charge in [0.1, 0.15) is 42.3 Å². The molecule has 0 radical (unpaired) electrons. The molecule has 0 aliphatic carbocycles. The van der Waals surface area contributed by atoms with Crippen LogP contribution in [0.15, 0.2) is 0 Å². The first kappa shape index (κ1) is 52.2. The zero-order valence-corrected chi connectivity index (χ0v) is 35.5. The number of carbonyl (C=O) groups is 9. The van der Waals surface area contributed by atoms with Crippen LogP contribution >= 0.6 is 0 Å². The number of amides is 7. The first-order valence-corrected chi connectivity index (χ1v) is 19.5. The lowest BCUT2D eigenvalue weighted by Gasteiger charge is -2.30. The molecule has 0 aliphatic heterocycles. The van der Waals surface area contributed by atoms with Crippen molar-refractivity contribution in [2.45, 2.75) is 157 Å². The van der Waals surface area contributed by atoms with Crippen LogP contribution in [0.5, 0.6) is 0 Å². The predicted molar refractivity (Wildman–Crippen MR) is 211 cm³/mol. The van der Waals surface area contributed by atoms with Crippen molar-refractivity contribution in [3.8, 4) is 0 Å². The van der Waals surface area contributed by atoms with Gasteiger partial charge in [-0.2, -0.15) is 0 Å². The Labute approximate surface area is 335 Å². The molecule has 0 unspecified atom stereocenters. The summed E-state index contributed by atoms with van der Waals surface area (Å²) in [5.41, 5.74) is 5.82. The number of carbonyl (C=O) groups excluding carboxylic acids is 7. The van der Waals surface area contributed by atoms with Crippen LogP contribution in [-0.4, -0.2) is 112 Å². The Morgan fingerprint density at radius 3 is 1.16 bits per heavy atom. The molecule has 326 valence electrons. The maximum atomic E-state index is 13.8. The molecule has 0 bridgehead atoms. The number of hydrogen-bond donors (Lipinski definition) is 10. The molecule has 0 spiro atoms. The Kier molecular flexibility index (Phi) is 22.7. The number of nitrogens with two attached hydrogens (primary N) is 1. The molecule has 8 atom stereocenters. The third-order valence-corrected chi connectivity index (χ3v) is 8.91. The molecule has 0 fully saturated rings. The van der Waals surface area contributed by atoms with Gasteiger partial charge in [-0.25, -0.2) is 0 Å². The number of carboxylic acid groups (broad SMARTS) is 2. The summed E-state index contributed by atoms with van der Waals surface area (Å²) in [4.78, 5) is 115. The Hall–Kier alpha value is -4.81. The van der Waals surface area contributed by atoms with Crippen LogP contribution in [0, 0.1) is 29.6 Å².